The molecule has 0 saturated carbocycles. The van der Waals surface area contributed by atoms with Crippen LogP contribution in [0.2, 0.25) is 0 Å². The molecule has 0 aliphatic carbocycles. The molecule has 0 saturated heterocycles. The SMILES string of the molecule is COc1ccc(-c2cc(-c3c(O)c4ccccc4oc3=O)cc(-c3ccccc3)n2)cc1. The largest absolute Gasteiger partial charge is 0.506 e. The fourth-order valence-electron chi connectivity index (χ4n) is 3.73. The van der Waals surface area contributed by atoms with Crippen molar-refractivity contribution in [1.29, 1.82) is 0 Å². The standard InChI is InChI=1S/C27H19NO4/c1-31-20-13-11-18(12-14-20)23-16-19(15-22(28-23)17-7-3-2-4-8-17)25-26(29)21-9-5-6-10-24(21)32-27(25)30/h2-16,29H,1H3. The second-order valence-corrected chi connectivity index (χ2v) is 7.33. The first-order valence-corrected chi connectivity index (χ1v) is 10.1. The Balaban J connectivity index is 1.77. The molecule has 0 atom stereocenters. The Morgan fingerprint density at radius 1 is 0.781 bits per heavy atom. The Bertz CT molecular complexity index is 1470. The number of fused-ring (bicyclic) bond motifs is 1. The molecule has 156 valence electrons. The van der Waals surface area contributed by atoms with Crippen LogP contribution in [0.4, 0.5) is 0 Å². The van der Waals surface area contributed by atoms with Crippen molar-refractivity contribution in [2.45, 2.75) is 0 Å². The zero-order chi connectivity index (χ0) is 22.1. The van der Waals surface area contributed by atoms with E-state index >= 15 is 0 Å². The molecular formula is C27H19NO4. The van der Waals surface area contributed by atoms with Gasteiger partial charge in [0.1, 0.15) is 22.6 Å². The minimum absolute atomic E-state index is 0.109. The lowest BCUT2D eigenvalue weighted by Gasteiger charge is -2.12. The second kappa shape index (κ2) is 8.04. The lowest BCUT2D eigenvalue weighted by molar-refractivity contribution is 0.415. The van der Waals surface area contributed by atoms with E-state index in [0.717, 1.165) is 16.9 Å². The third-order valence-corrected chi connectivity index (χ3v) is 5.36. The molecule has 5 nitrogen and oxygen atoms in total. The molecule has 2 heterocycles. The lowest BCUT2D eigenvalue weighted by Crippen LogP contribution is -2.04. The Labute approximate surface area is 184 Å². The molecule has 0 fully saturated rings. The summed E-state index contributed by atoms with van der Waals surface area (Å²) in [6.07, 6.45) is 0. The normalized spacial score (nSPS) is 10.9. The van der Waals surface area contributed by atoms with Gasteiger partial charge in [0.15, 0.2) is 0 Å². The topological polar surface area (TPSA) is 72.6 Å². The first kappa shape index (κ1) is 19.6. The fourth-order valence-corrected chi connectivity index (χ4v) is 3.73. The molecule has 0 aliphatic heterocycles. The van der Waals surface area contributed by atoms with Crippen LogP contribution in [0.25, 0.3) is 44.6 Å². The van der Waals surface area contributed by atoms with E-state index in [9.17, 15) is 9.90 Å². The van der Waals surface area contributed by atoms with Gasteiger partial charge in [-0.15, -0.1) is 0 Å². The van der Waals surface area contributed by atoms with Gasteiger partial charge in [0.2, 0.25) is 0 Å². The van der Waals surface area contributed by atoms with Crippen molar-refractivity contribution in [3.8, 4) is 45.1 Å². The zero-order valence-corrected chi connectivity index (χ0v) is 17.3. The molecule has 2 aromatic heterocycles. The van der Waals surface area contributed by atoms with Gasteiger partial charge < -0.3 is 14.3 Å². The van der Waals surface area contributed by atoms with Gasteiger partial charge >= 0.3 is 5.63 Å². The van der Waals surface area contributed by atoms with Crippen molar-refractivity contribution in [2.75, 3.05) is 7.11 Å². The Morgan fingerprint density at radius 3 is 2.09 bits per heavy atom. The maximum atomic E-state index is 12.9. The van der Waals surface area contributed by atoms with Crippen LogP contribution in [-0.2, 0) is 0 Å². The van der Waals surface area contributed by atoms with Gasteiger partial charge in [-0.2, -0.15) is 0 Å². The summed E-state index contributed by atoms with van der Waals surface area (Å²) in [5.41, 5.74) is 3.47. The summed E-state index contributed by atoms with van der Waals surface area (Å²) in [4.78, 5) is 17.7. The van der Waals surface area contributed by atoms with Gasteiger partial charge in [0.05, 0.1) is 23.9 Å². The van der Waals surface area contributed by atoms with Crippen LogP contribution < -0.4 is 10.4 Å². The highest BCUT2D eigenvalue weighted by atomic mass is 16.5. The van der Waals surface area contributed by atoms with Crippen LogP contribution in [-0.4, -0.2) is 17.2 Å². The summed E-state index contributed by atoms with van der Waals surface area (Å²) in [6, 6.07) is 27.7. The van der Waals surface area contributed by atoms with E-state index in [1.807, 2.05) is 54.6 Å². The average molecular weight is 421 g/mol. The number of aromatic hydroxyl groups is 1. The molecule has 5 heteroatoms. The third-order valence-electron chi connectivity index (χ3n) is 5.36. The molecule has 0 amide bonds. The number of hydrogen-bond acceptors (Lipinski definition) is 5. The van der Waals surface area contributed by atoms with E-state index in [1.54, 1.807) is 43.5 Å². The van der Waals surface area contributed by atoms with Crippen LogP contribution in [0.5, 0.6) is 11.5 Å². The summed E-state index contributed by atoms with van der Waals surface area (Å²) in [6.45, 7) is 0. The fraction of sp³-hybridized carbons (Fsp3) is 0.0370. The van der Waals surface area contributed by atoms with Crippen LogP contribution in [0.3, 0.4) is 0 Å². The van der Waals surface area contributed by atoms with Gasteiger partial charge in [-0.25, -0.2) is 9.78 Å². The number of nitrogens with zero attached hydrogens (tertiary/aromatic N) is 1. The van der Waals surface area contributed by atoms with Crippen molar-refractivity contribution in [2.24, 2.45) is 0 Å². The Morgan fingerprint density at radius 2 is 1.41 bits per heavy atom. The summed E-state index contributed by atoms with van der Waals surface area (Å²) < 4.78 is 10.8. The van der Waals surface area contributed by atoms with E-state index in [2.05, 4.69) is 0 Å². The highest BCUT2D eigenvalue weighted by molar-refractivity contribution is 5.91. The van der Waals surface area contributed by atoms with Gasteiger partial charge in [-0.3, -0.25) is 0 Å². The Kier molecular flexibility index (Phi) is 4.92. The number of hydrogen-bond donors (Lipinski definition) is 1. The number of methoxy groups -OCH3 is 1. The van der Waals surface area contributed by atoms with Crippen molar-refractivity contribution in [1.82, 2.24) is 4.98 Å². The molecule has 32 heavy (non-hydrogen) atoms. The molecule has 0 unspecified atom stereocenters. The average Bonchev–Trinajstić information content (AvgIpc) is 2.84. The maximum Gasteiger partial charge on any atom is 0.347 e. The minimum Gasteiger partial charge on any atom is -0.506 e. The lowest BCUT2D eigenvalue weighted by atomic mass is 9.99. The zero-order valence-electron chi connectivity index (χ0n) is 17.3. The Hall–Kier alpha value is -4.38. The molecule has 0 bridgehead atoms. The molecule has 1 N–H and O–H groups in total. The predicted molar refractivity (Wildman–Crippen MR) is 125 cm³/mol. The van der Waals surface area contributed by atoms with Crippen molar-refractivity contribution in [3.05, 3.63) is 101 Å². The van der Waals surface area contributed by atoms with Crippen molar-refractivity contribution in [3.63, 3.8) is 0 Å². The molecule has 0 spiro atoms. The third kappa shape index (κ3) is 3.50. The number of pyridine rings is 1. The maximum absolute atomic E-state index is 12.9. The van der Waals surface area contributed by atoms with Crippen molar-refractivity contribution < 1.29 is 14.3 Å². The number of aromatic nitrogens is 1. The van der Waals surface area contributed by atoms with Crippen LogP contribution in [0.1, 0.15) is 0 Å². The quantitative estimate of drug-likeness (QED) is 0.366. The molecule has 5 aromatic rings. The summed E-state index contributed by atoms with van der Waals surface area (Å²) >= 11 is 0. The van der Waals surface area contributed by atoms with Gasteiger partial charge in [-0.1, -0.05) is 42.5 Å². The molecule has 0 aliphatic rings. The van der Waals surface area contributed by atoms with Gasteiger partial charge in [-0.05, 0) is 54.1 Å². The first-order valence-electron chi connectivity index (χ1n) is 10.1. The molecular weight excluding hydrogens is 402 g/mol. The number of benzene rings is 3. The van der Waals surface area contributed by atoms with Crippen LogP contribution >= 0.6 is 0 Å². The van der Waals surface area contributed by atoms with Gasteiger partial charge in [0, 0.05) is 11.1 Å². The monoisotopic (exact) mass is 421 g/mol. The van der Waals surface area contributed by atoms with E-state index in [1.165, 1.54) is 0 Å². The number of para-hydroxylation sites is 1. The van der Waals surface area contributed by atoms with E-state index < -0.39 is 5.63 Å². The van der Waals surface area contributed by atoms with Crippen LogP contribution in [0, 0.1) is 0 Å². The highest BCUT2D eigenvalue weighted by Crippen LogP contribution is 2.36. The summed E-state index contributed by atoms with van der Waals surface area (Å²) in [7, 11) is 1.61. The minimum atomic E-state index is -0.605. The number of ether oxygens (including phenoxy) is 1. The smallest absolute Gasteiger partial charge is 0.347 e. The predicted octanol–water partition coefficient (Wildman–Crippen LogP) is 5.90. The summed E-state index contributed by atoms with van der Waals surface area (Å²) in [5.74, 6) is 0.628. The molecule has 3 aromatic carbocycles. The van der Waals surface area contributed by atoms with E-state index in [-0.39, 0.29) is 11.3 Å². The number of rotatable bonds is 4. The summed E-state index contributed by atoms with van der Waals surface area (Å²) in [5, 5.41) is 11.5. The highest BCUT2D eigenvalue weighted by Gasteiger charge is 2.18. The van der Waals surface area contributed by atoms with Crippen LogP contribution in [0.15, 0.2) is 100 Å². The molecule has 5 rings (SSSR count). The molecule has 0 radical (unpaired) electrons. The second-order valence-electron chi connectivity index (χ2n) is 7.33. The first-order chi connectivity index (χ1) is 15.6. The van der Waals surface area contributed by atoms with E-state index in [0.29, 0.717) is 27.9 Å². The van der Waals surface area contributed by atoms with E-state index in [4.69, 9.17) is 14.1 Å². The van der Waals surface area contributed by atoms with Gasteiger partial charge in [0.25, 0.3) is 0 Å². The van der Waals surface area contributed by atoms with Crippen molar-refractivity contribution >= 4 is 11.0 Å².